The van der Waals surface area contributed by atoms with Crippen molar-refractivity contribution in [1.82, 2.24) is 4.98 Å². The van der Waals surface area contributed by atoms with E-state index in [1.54, 1.807) is 6.07 Å². The summed E-state index contributed by atoms with van der Waals surface area (Å²) in [6.45, 7) is 0. The summed E-state index contributed by atoms with van der Waals surface area (Å²) in [6, 6.07) is 3.13. The van der Waals surface area contributed by atoms with Crippen LogP contribution in [0.4, 0.5) is 0 Å². The first-order valence-electron chi connectivity index (χ1n) is 1.63. The zero-order chi connectivity index (χ0) is 4.41. The summed E-state index contributed by atoms with van der Waals surface area (Å²) in [5, 5.41) is 8.39. The summed E-state index contributed by atoms with van der Waals surface area (Å²) < 4.78 is 0. The molecule has 2 nitrogen and oxygen atoms in total. The second-order valence-electron chi connectivity index (χ2n) is 0.988. The molecule has 1 aromatic rings. The molecule has 0 saturated heterocycles. The van der Waals surface area contributed by atoms with E-state index in [0.29, 0.717) is 0 Å². The Kier molecular flexibility index (Phi) is 0.572. The molecule has 0 aliphatic carbocycles. The van der Waals surface area contributed by atoms with Crippen LogP contribution in [0.25, 0.3) is 0 Å². The Labute approximate surface area is 35.4 Å². The van der Waals surface area contributed by atoms with Crippen LogP contribution in [0.1, 0.15) is 0 Å². The molecular formula is C4H4NO. The first-order valence-corrected chi connectivity index (χ1v) is 1.63. The normalized spacial score (nSPS) is 8.67. The molecule has 0 aromatic carbocycles. The van der Waals surface area contributed by atoms with Gasteiger partial charge in [0, 0.05) is 6.07 Å². The smallest absolute Gasteiger partial charge is 0.188 e. The minimum atomic E-state index is 0.162. The molecular weight excluding hydrogens is 78.0 g/mol. The Balaban J connectivity index is 3.05. The zero-order valence-corrected chi connectivity index (χ0v) is 3.10. The summed E-state index contributed by atoms with van der Waals surface area (Å²) >= 11 is 0. The van der Waals surface area contributed by atoms with Gasteiger partial charge < -0.3 is 10.1 Å². The van der Waals surface area contributed by atoms with Crippen molar-refractivity contribution in [3.05, 3.63) is 18.3 Å². The fraction of sp³-hybridized carbons (Fsp3) is 0. The van der Waals surface area contributed by atoms with Crippen molar-refractivity contribution in [2.45, 2.75) is 0 Å². The quantitative estimate of drug-likeness (QED) is 0.470. The van der Waals surface area contributed by atoms with Gasteiger partial charge in [-0.25, -0.2) is 0 Å². The Hall–Kier alpha value is -0.920. The third-order valence-electron chi connectivity index (χ3n) is 0.525. The second-order valence-corrected chi connectivity index (χ2v) is 0.988. The lowest BCUT2D eigenvalue weighted by Gasteiger charge is -1.70. The van der Waals surface area contributed by atoms with E-state index >= 15 is 0 Å². The third-order valence-corrected chi connectivity index (χ3v) is 0.525. The summed E-state index contributed by atoms with van der Waals surface area (Å²) in [6.07, 6.45) is 2.55. The molecule has 0 fully saturated rings. The van der Waals surface area contributed by atoms with Crippen molar-refractivity contribution >= 4 is 0 Å². The van der Waals surface area contributed by atoms with Crippen molar-refractivity contribution in [3.63, 3.8) is 0 Å². The van der Waals surface area contributed by atoms with Gasteiger partial charge in [-0.2, -0.15) is 0 Å². The van der Waals surface area contributed by atoms with Crippen molar-refractivity contribution in [3.8, 4) is 5.88 Å². The van der Waals surface area contributed by atoms with Crippen molar-refractivity contribution in [1.29, 1.82) is 0 Å². The highest BCUT2D eigenvalue weighted by atomic mass is 16.3. The molecule has 0 aliphatic heterocycles. The number of H-pyrrole nitrogens is 1. The fourth-order valence-electron chi connectivity index (χ4n) is 0.278. The second kappa shape index (κ2) is 1.05. The lowest BCUT2D eigenvalue weighted by molar-refractivity contribution is 0.457. The topological polar surface area (TPSA) is 36.0 Å². The molecule has 0 saturated carbocycles. The SMILES string of the molecule is Oc1cc[c][nH]1. The standard InChI is InChI=1S/C4H4NO/c6-4-2-1-3-5-4/h1-2,5-6H. The van der Waals surface area contributed by atoms with Crippen LogP contribution in [-0.4, -0.2) is 10.1 Å². The molecule has 2 heteroatoms. The molecule has 0 spiro atoms. The molecule has 1 aromatic heterocycles. The number of aromatic nitrogens is 1. The molecule has 0 aliphatic rings. The van der Waals surface area contributed by atoms with Gasteiger partial charge in [0.25, 0.3) is 0 Å². The van der Waals surface area contributed by atoms with Gasteiger partial charge in [-0.1, -0.05) is 0 Å². The van der Waals surface area contributed by atoms with Crippen LogP contribution in [0.15, 0.2) is 12.1 Å². The number of aromatic amines is 1. The minimum Gasteiger partial charge on any atom is -0.495 e. The van der Waals surface area contributed by atoms with Gasteiger partial charge in [-0.05, 0) is 6.07 Å². The molecule has 1 heterocycles. The maximum absolute atomic E-state index is 8.39. The van der Waals surface area contributed by atoms with Crippen molar-refractivity contribution in [2.24, 2.45) is 0 Å². The van der Waals surface area contributed by atoms with E-state index in [9.17, 15) is 0 Å². The van der Waals surface area contributed by atoms with Gasteiger partial charge in [0.2, 0.25) is 0 Å². The van der Waals surface area contributed by atoms with Gasteiger partial charge in [0.15, 0.2) is 5.88 Å². The summed E-state index contributed by atoms with van der Waals surface area (Å²) in [4.78, 5) is 2.43. The molecule has 2 N–H and O–H groups in total. The maximum atomic E-state index is 8.39. The van der Waals surface area contributed by atoms with E-state index < -0.39 is 0 Å². The Bertz CT molecular complexity index is 111. The van der Waals surface area contributed by atoms with Gasteiger partial charge >= 0.3 is 0 Å². The number of aromatic hydroxyl groups is 1. The van der Waals surface area contributed by atoms with Crippen molar-refractivity contribution < 1.29 is 5.11 Å². The van der Waals surface area contributed by atoms with E-state index in [1.807, 2.05) is 0 Å². The summed E-state index contributed by atoms with van der Waals surface area (Å²) in [5.41, 5.74) is 0. The third kappa shape index (κ3) is 0.360. The number of nitrogens with one attached hydrogen (secondary N) is 1. The molecule has 0 bridgehead atoms. The first-order chi connectivity index (χ1) is 2.89. The van der Waals surface area contributed by atoms with Gasteiger partial charge in [-0.15, -0.1) is 0 Å². The lowest BCUT2D eigenvalue weighted by atomic mass is 10.7. The maximum Gasteiger partial charge on any atom is 0.188 e. The van der Waals surface area contributed by atoms with E-state index in [4.69, 9.17) is 5.11 Å². The molecule has 0 atom stereocenters. The van der Waals surface area contributed by atoms with Crippen molar-refractivity contribution in [2.75, 3.05) is 0 Å². The van der Waals surface area contributed by atoms with Crippen LogP contribution < -0.4 is 0 Å². The minimum absolute atomic E-state index is 0.162. The van der Waals surface area contributed by atoms with Crippen LogP contribution in [-0.2, 0) is 0 Å². The molecule has 0 unspecified atom stereocenters. The number of rotatable bonds is 0. The molecule has 31 valence electrons. The van der Waals surface area contributed by atoms with Crippen LogP contribution in [0.3, 0.4) is 0 Å². The highest BCUT2D eigenvalue weighted by Crippen LogP contribution is 1.97. The first kappa shape index (κ1) is 3.28. The molecule has 1 radical (unpaired) electrons. The zero-order valence-electron chi connectivity index (χ0n) is 3.10. The molecule has 6 heavy (non-hydrogen) atoms. The predicted molar refractivity (Wildman–Crippen MR) is 21.3 cm³/mol. The average Bonchev–Trinajstić information content (AvgIpc) is 1.86. The van der Waals surface area contributed by atoms with E-state index in [2.05, 4.69) is 11.2 Å². The lowest BCUT2D eigenvalue weighted by Crippen LogP contribution is -1.52. The van der Waals surface area contributed by atoms with Gasteiger partial charge in [0.1, 0.15) is 0 Å². The van der Waals surface area contributed by atoms with Gasteiger partial charge in [0.05, 0.1) is 6.20 Å². The summed E-state index contributed by atoms with van der Waals surface area (Å²) in [5.74, 6) is 0.162. The van der Waals surface area contributed by atoms with Crippen LogP contribution in [0.5, 0.6) is 5.88 Å². The largest absolute Gasteiger partial charge is 0.495 e. The fourth-order valence-corrected chi connectivity index (χ4v) is 0.278. The highest BCUT2D eigenvalue weighted by Gasteiger charge is 1.76. The summed E-state index contributed by atoms with van der Waals surface area (Å²) in [7, 11) is 0. The Morgan fingerprint density at radius 3 is 2.83 bits per heavy atom. The van der Waals surface area contributed by atoms with Gasteiger partial charge in [-0.3, -0.25) is 0 Å². The molecule has 0 amide bonds. The predicted octanol–water partition coefficient (Wildman–Crippen LogP) is 0.520. The van der Waals surface area contributed by atoms with E-state index in [-0.39, 0.29) is 5.88 Å². The van der Waals surface area contributed by atoms with E-state index in [1.165, 1.54) is 6.07 Å². The highest BCUT2D eigenvalue weighted by molar-refractivity contribution is 5.05. The average molecular weight is 82.1 g/mol. The Morgan fingerprint density at radius 1 is 1.83 bits per heavy atom. The monoisotopic (exact) mass is 82.0 g/mol. The van der Waals surface area contributed by atoms with Crippen LogP contribution in [0.2, 0.25) is 0 Å². The van der Waals surface area contributed by atoms with Crippen LogP contribution >= 0.6 is 0 Å². The van der Waals surface area contributed by atoms with Crippen LogP contribution in [0, 0.1) is 6.20 Å². The Morgan fingerprint density at radius 2 is 2.67 bits per heavy atom. The number of hydrogen-bond acceptors (Lipinski definition) is 1. The van der Waals surface area contributed by atoms with E-state index in [0.717, 1.165) is 0 Å². The number of hydrogen-bond donors (Lipinski definition) is 2. The molecule has 1 rings (SSSR count).